The topological polar surface area (TPSA) is 35.5 Å². The first-order valence-electron chi connectivity index (χ1n) is 7.55. The minimum absolute atomic E-state index is 0.00334. The minimum atomic E-state index is -0.381. The monoisotopic (exact) mass is 370 g/mol. The summed E-state index contributed by atoms with van der Waals surface area (Å²) in [6, 6.07) is 7.74. The highest BCUT2D eigenvalue weighted by Gasteiger charge is 2.14. The Balaban J connectivity index is 2.23. The van der Waals surface area contributed by atoms with Crippen molar-refractivity contribution in [2.45, 2.75) is 33.3 Å². The fourth-order valence-electron chi connectivity index (χ4n) is 2.07. The average Bonchev–Trinajstić information content (AvgIpc) is 2.56. The molecule has 0 unspecified atom stereocenters. The van der Waals surface area contributed by atoms with Gasteiger partial charge in [0.15, 0.2) is 0 Å². The summed E-state index contributed by atoms with van der Waals surface area (Å²) in [6.07, 6.45) is 0.774. The summed E-state index contributed by atoms with van der Waals surface area (Å²) < 4.78 is 24.7. The predicted molar refractivity (Wildman–Crippen MR) is 92.5 cm³/mol. The van der Waals surface area contributed by atoms with E-state index in [0.717, 1.165) is 0 Å². The maximum absolute atomic E-state index is 13.9. The molecule has 0 aliphatic rings. The largest absolute Gasteiger partial charge is 0.487 e. The van der Waals surface area contributed by atoms with Gasteiger partial charge in [-0.3, -0.25) is 4.79 Å². The number of benzene rings is 2. The first-order chi connectivity index (χ1) is 11.5. The van der Waals surface area contributed by atoms with Crippen LogP contribution in [0.15, 0.2) is 30.3 Å². The van der Waals surface area contributed by atoms with E-state index >= 15 is 0 Å². The minimum Gasteiger partial charge on any atom is -0.487 e. The first-order valence-corrected chi connectivity index (χ1v) is 8.30. The van der Waals surface area contributed by atoms with Gasteiger partial charge in [-0.05, 0) is 30.2 Å². The lowest BCUT2D eigenvalue weighted by Gasteiger charge is -2.14. The highest BCUT2D eigenvalue weighted by Crippen LogP contribution is 2.32. The van der Waals surface area contributed by atoms with Crippen LogP contribution in [0.5, 0.6) is 11.5 Å². The molecule has 3 nitrogen and oxygen atoms in total. The van der Waals surface area contributed by atoms with E-state index in [0.29, 0.717) is 33.3 Å². The molecule has 0 radical (unpaired) electrons. The number of carbonyl (C=O) groups is 1. The van der Waals surface area contributed by atoms with Gasteiger partial charge in [-0.2, -0.15) is 0 Å². The molecule has 128 valence electrons. The number of carbonyl (C=O) groups excluding carboxylic acids is 1. The summed E-state index contributed by atoms with van der Waals surface area (Å²) in [5, 5.41) is 0.700. The first kappa shape index (κ1) is 18.6. The molecule has 0 aliphatic carbocycles. The van der Waals surface area contributed by atoms with E-state index in [-0.39, 0.29) is 30.6 Å². The van der Waals surface area contributed by atoms with Gasteiger partial charge >= 0.3 is 5.97 Å². The van der Waals surface area contributed by atoms with E-state index in [9.17, 15) is 9.18 Å². The summed E-state index contributed by atoms with van der Waals surface area (Å²) in [5.41, 5.74) is 1.01. The van der Waals surface area contributed by atoms with Gasteiger partial charge in [-0.25, -0.2) is 4.39 Å². The highest BCUT2D eigenvalue weighted by atomic mass is 35.5. The van der Waals surface area contributed by atoms with Crippen LogP contribution in [0.3, 0.4) is 0 Å². The smallest absolute Gasteiger partial charge is 0.310 e. The van der Waals surface area contributed by atoms with Crippen LogP contribution in [-0.4, -0.2) is 5.97 Å². The number of ether oxygens (including phenoxy) is 2. The summed E-state index contributed by atoms with van der Waals surface area (Å²) in [5.74, 6) is -0.237. The van der Waals surface area contributed by atoms with E-state index in [2.05, 4.69) is 0 Å². The quantitative estimate of drug-likeness (QED) is 0.491. The van der Waals surface area contributed by atoms with Crippen LogP contribution in [0.4, 0.5) is 4.39 Å². The summed E-state index contributed by atoms with van der Waals surface area (Å²) in [4.78, 5) is 11.5. The molecular weight excluding hydrogens is 354 g/mol. The van der Waals surface area contributed by atoms with Crippen LogP contribution in [0, 0.1) is 5.82 Å². The van der Waals surface area contributed by atoms with E-state index in [1.807, 2.05) is 6.92 Å². The van der Waals surface area contributed by atoms with Gasteiger partial charge in [0.05, 0.1) is 15.6 Å². The predicted octanol–water partition coefficient (Wildman–Crippen LogP) is 5.59. The number of hydrogen-bond acceptors (Lipinski definition) is 3. The van der Waals surface area contributed by atoms with Crippen LogP contribution >= 0.6 is 23.2 Å². The fraction of sp³-hybridized carbons (Fsp3) is 0.278. The zero-order valence-electron chi connectivity index (χ0n) is 13.4. The summed E-state index contributed by atoms with van der Waals surface area (Å²) in [6.45, 7) is 3.53. The van der Waals surface area contributed by atoms with Gasteiger partial charge in [0, 0.05) is 12.5 Å². The number of hydrogen-bond donors (Lipinski definition) is 0. The third-order valence-corrected chi connectivity index (χ3v) is 4.09. The van der Waals surface area contributed by atoms with Crippen molar-refractivity contribution in [1.29, 1.82) is 0 Å². The standard InChI is InChI=1S/C18H17Cl2FO3/c1-3-11-8-14(20)17(9-15(11)21)23-10-12-13(19)6-5-7-16(12)24-18(22)4-2/h5-9H,3-4,10H2,1-2H3. The van der Waals surface area contributed by atoms with Crippen LogP contribution in [0.2, 0.25) is 10.0 Å². The summed E-state index contributed by atoms with van der Waals surface area (Å²) in [7, 11) is 0. The van der Waals surface area contributed by atoms with Gasteiger partial charge in [-0.1, -0.05) is 43.1 Å². The van der Waals surface area contributed by atoms with Crippen molar-refractivity contribution in [1.82, 2.24) is 0 Å². The van der Waals surface area contributed by atoms with Crippen LogP contribution in [-0.2, 0) is 17.8 Å². The van der Waals surface area contributed by atoms with Crippen LogP contribution < -0.4 is 9.47 Å². The molecule has 0 atom stereocenters. The molecule has 0 saturated heterocycles. The van der Waals surface area contributed by atoms with Gasteiger partial charge in [-0.15, -0.1) is 0 Å². The molecule has 0 aliphatic heterocycles. The molecule has 0 amide bonds. The van der Waals surface area contributed by atoms with Crippen molar-refractivity contribution >= 4 is 29.2 Å². The van der Waals surface area contributed by atoms with Crippen molar-refractivity contribution in [2.75, 3.05) is 0 Å². The Morgan fingerprint density at radius 1 is 1.12 bits per heavy atom. The Kier molecular flexibility index (Phi) is 6.46. The number of rotatable bonds is 6. The molecule has 2 rings (SSSR count). The van der Waals surface area contributed by atoms with Crippen LogP contribution in [0.1, 0.15) is 31.4 Å². The lowest BCUT2D eigenvalue weighted by Crippen LogP contribution is -2.09. The Bertz CT molecular complexity index is 747. The molecule has 24 heavy (non-hydrogen) atoms. The number of aryl methyl sites for hydroxylation is 1. The Morgan fingerprint density at radius 2 is 1.88 bits per heavy atom. The van der Waals surface area contributed by atoms with E-state index in [1.165, 1.54) is 12.1 Å². The van der Waals surface area contributed by atoms with Crippen molar-refractivity contribution in [3.8, 4) is 11.5 Å². The third kappa shape index (κ3) is 4.40. The molecule has 0 N–H and O–H groups in total. The summed E-state index contributed by atoms with van der Waals surface area (Å²) >= 11 is 12.3. The van der Waals surface area contributed by atoms with Gasteiger partial charge < -0.3 is 9.47 Å². The maximum atomic E-state index is 13.9. The molecule has 0 bridgehead atoms. The lowest BCUT2D eigenvalue weighted by atomic mass is 10.1. The van der Waals surface area contributed by atoms with Gasteiger partial charge in [0.1, 0.15) is 23.9 Å². The number of halogens is 3. The molecule has 0 spiro atoms. The molecule has 0 saturated carbocycles. The van der Waals surface area contributed by atoms with Gasteiger partial charge in [0.25, 0.3) is 0 Å². The zero-order valence-corrected chi connectivity index (χ0v) is 14.9. The third-order valence-electron chi connectivity index (χ3n) is 3.44. The second kappa shape index (κ2) is 8.36. The highest BCUT2D eigenvalue weighted by molar-refractivity contribution is 6.32. The molecule has 0 fully saturated rings. The van der Waals surface area contributed by atoms with Crippen molar-refractivity contribution < 1.29 is 18.7 Å². The van der Waals surface area contributed by atoms with E-state index in [4.69, 9.17) is 32.7 Å². The Morgan fingerprint density at radius 3 is 2.54 bits per heavy atom. The molecular formula is C18H17Cl2FO3. The Hall–Kier alpha value is -1.78. The normalized spacial score (nSPS) is 10.5. The second-order valence-electron chi connectivity index (χ2n) is 5.06. The van der Waals surface area contributed by atoms with Crippen molar-refractivity contribution in [3.05, 3.63) is 57.3 Å². The molecule has 2 aromatic rings. The molecule has 2 aromatic carbocycles. The second-order valence-corrected chi connectivity index (χ2v) is 5.87. The molecule has 0 aromatic heterocycles. The van der Waals surface area contributed by atoms with Gasteiger partial charge in [0.2, 0.25) is 0 Å². The van der Waals surface area contributed by atoms with E-state index in [1.54, 1.807) is 25.1 Å². The lowest BCUT2D eigenvalue weighted by molar-refractivity contribution is -0.134. The fourth-order valence-corrected chi connectivity index (χ4v) is 2.53. The molecule has 6 heteroatoms. The number of esters is 1. The average molecular weight is 371 g/mol. The Labute approximate surface area is 150 Å². The molecule has 0 heterocycles. The van der Waals surface area contributed by atoms with Crippen molar-refractivity contribution in [2.24, 2.45) is 0 Å². The van der Waals surface area contributed by atoms with E-state index < -0.39 is 0 Å². The maximum Gasteiger partial charge on any atom is 0.310 e. The van der Waals surface area contributed by atoms with Crippen molar-refractivity contribution in [3.63, 3.8) is 0 Å². The van der Waals surface area contributed by atoms with Crippen LogP contribution in [0.25, 0.3) is 0 Å². The zero-order chi connectivity index (χ0) is 17.7. The SMILES string of the molecule is CCC(=O)Oc1cccc(Cl)c1COc1cc(F)c(CC)cc1Cl.